The Labute approximate surface area is 175 Å². The number of anilines is 1. The second-order valence-electron chi connectivity index (χ2n) is 8.33. The summed E-state index contributed by atoms with van der Waals surface area (Å²) in [4.78, 5) is 19.7. The Kier molecular flexibility index (Phi) is 4.66. The summed E-state index contributed by atoms with van der Waals surface area (Å²) in [5.41, 5.74) is 5.59. The van der Waals surface area contributed by atoms with Crippen LogP contribution in [0.15, 0.2) is 36.7 Å². The SMILES string of the molecule is Cc1cn2cc(C3=Cc4ccc(N5CCNCC5)cc4C(C)CC3=O)cc(F)c2n1. The Bertz CT molecular complexity index is 1170. The first-order valence-corrected chi connectivity index (χ1v) is 10.5. The molecule has 2 aliphatic rings. The number of nitrogens with one attached hydrogen (secondary N) is 1. The number of halogens is 1. The van der Waals surface area contributed by atoms with Crippen molar-refractivity contribution >= 4 is 28.8 Å². The number of fused-ring (bicyclic) bond motifs is 2. The van der Waals surface area contributed by atoms with Gasteiger partial charge >= 0.3 is 0 Å². The number of imidazole rings is 1. The molecule has 6 heteroatoms. The Hall–Kier alpha value is -2.99. The minimum atomic E-state index is -0.416. The van der Waals surface area contributed by atoms with Gasteiger partial charge in [-0.05, 0) is 48.2 Å². The molecule has 1 N–H and O–H groups in total. The average molecular weight is 404 g/mol. The summed E-state index contributed by atoms with van der Waals surface area (Å²) < 4.78 is 16.3. The Balaban J connectivity index is 1.58. The number of carbonyl (C=O) groups is 1. The first-order valence-electron chi connectivity index (χ1n) is 10.5. The van der Waals surface area contributed by atoms with Crippen LogP contribution in [0, 0.1) is 12.7 Å². The van der Waals surface area contributed by atoms with Gasteiger partial charge in [0.15, 0.2) is 17.2 Å². The summed E-state index contributed by atoms with van der Waals surface area (Å²) in [6, 6.07) is 7.87. The van der Waals surface area contributed by atoms with Crippen LogP contribution in [0.25, 0.3) is 17.3 Å². The van der Waals surface area contributed by atoms with Crippen molar-refractivity contribution in [3.8, 4) is 0 Å². The lowest BCUT2D eigenvalue weighted by molar-refractivity contribution is -0.113. The Morgan fingerprint density at radius 3 is 2.77 bits per heavy atom. The van der Waals surface area contributed by atoms with Crippen molar-refractivity contribution in [1.82, 2.24) is 14.7 Å². The molecule has 3 aromatic rings. The fraction of sp³-hybridized carbons (Fsp3) is 0.333. The highest BCUT2D eigenvalue weighted by molar-refractivity contribution is 6.26. The summed E-state index contributed by atoms with van der Waals surface area (Å²) >= 11 is 0. The third-order valence-corrected chi connectivity index (χ3v) is 6.11. The van der Waals surface area contributed by atoms with Crippen LogP contribution in [-0.4, -0.2) is 41.3 Å². The van der Waals surface area contributed by atoms with Gasteiger partial charge in [-0.15, -0.1) is 0 Å². The molecule has 30 heavy (non-hydrogen) atoms. The van der Waals surface area contributed by atoms with Gasteiger partial charge in [-0.25, -0.2) is 9.37 Å². The zero-order valence-electron chi connectivity index (χ0n) is 17.3. The molecule has 0 amide bonds. The topological polar surface area (TPSA) is 49.6 Å². The number of pyridine rings is 1. The molecule has 2 aromatic heterocycles. The third kappa shape index (κ3) is 3.31. The van der Waals surface area contributed by atoms with E-state index >= 15 is 0 Å². The predicted molar refractivity (Wildman–Crippen MR) is 117 cm³/mol. The van der Waals surface area contributed by atoms with Gasteiger partial charge in [-0.3, -0.25) is 4.79 Å². The lowest BCUT2D eigenvalue weighted by atomic mass is 9.93. The summed E-state index contributed by atoms with van der Waals surface area (Å²) in [5.74, 6) is -0.271. The number of aromatic nitrogens is 2. The van der Waals surface area contributed by atoms with Crippen molar-refractivity contribution in [2.75, 3.05) is 31.1 Å². The molecule has 0 spiro atoms. The van der Waals surface area contributed by atoms with Gasteiger partial charge in [0.1, 0.15) is 0 Å². The van der Waals surface area contributed by atoms with Crippen LogP contribution < -0.4 is 10.2 Å². The fourth-order valence-corrected chi connectivity index (χ4v) is 4.55. The van der Waals surface area contributed by atoms with Crippen molar-refractivity contribution in [1.29, 1.82) is 0 Å². The number of aryl methyl sites for hydroxylation is 1. The van der Waals surface area contributed by atoms with Gasteiger partial charge in [-0.2, -0.15) is 0 Å². The van der Waals surface area contributed by atoms with Gasteiger partial charge in [0, 0.05) is 61.8 Å². The molecular weight excluding hydrogens is 379 g/mol. The molecule has 154 valence electrons. The van der Waals surface area contributed by atoms with Gasteiger partial charge in [-0.1, -0.05) is 13.0 Å². The molecule has 0 bridgehead atoms. The number of hydrogen-bond acceptors (Lipinski definition) is 4. The number of Topliss-reactive ketones (excluding diaryl/α,β-unsaturated/α-hetero) is 1. The van der Waals surface area contributed by atoms with Crippen molar-refractivity contribution in [3.63, 3.8) is 0 Å². The van der Waals surface area contributed by atoms with Crippen molar-refractivity contribution in [2.24, 2.45) is 0 Å². The van der Waals surface area contributed by atoms with Crippen LogP contribution >= 0.6 is 0 Å². The van der Waals surface area contributed by atoms with Crippen molar-refractivity contribution < 1.29 is 9.18 Å². The largest absolute Gasteiger partial charge is 0.369 e. The maximum Gasteiger partial charge on any atom is 0.173 e. The molecule has 3 heterocycles. The van der Waals surface area contributed by atoms with E-state index in [2.05, 4.69) is 40.3 Å². The minimum absolute atomic E-state index is 0.0398. The predicted octanol–water partition coefficient (Wildman–Crippen LogP) is 3.81. The molecule has 1 saturated heterocycles. The molecule has 1 aliphatic heterocycles. The van der Waals surface area contributed by atoms with Gasteiger partial charge < -0.3 is 14.6 Å². The van der Waals surface area contributed by atoms with Crippen LogP contribution in [0.5, 0.6) is 0 Å². The van der Waals surface area contributed by atoms with E-state index < -0.39 is 5.82 Å². The molecular formula is C24H25FN4O. The van der Waals surface area contributed by atoms with E-state index in [0.717, 1.165) is 37.4 Å². The number of rotatable bonds is 2. The second kappa shape index (κ2) is 7.36. The first-order chi connectivity index (χ1) is 14.5. The standard InChI is InChI=1S/C24H25FN4O/c1-15-9-23(30)21(18-11-22(25)24-27-16(2)13-29(24)14-18)10-17-3-4-19(12-20(15)17)28-7-5-26-6-8-28/h3-4,10-15,26H,5-9H2,1-2H3. The zero-order valence-corrected chi connectivity index (χ0v) is 17.3. The van der Waals surface area contributed by atoms with E-state index in [4.69, 9.17) is 0 Å². The van der Waals surface area contributed by atoms with E-state index in [1.54, 1.807) is 16.8 Å². The molecule has 0 saturated carbocycles. The highest BCUT2D eigenvalue weighted by Crippen LogP contribution is 2.36. The molecule has 5 nitrogen and oxygen atoms in total. The number of piperazine rings is 1. The smallest absolute Gasteiger partial charge is 0.173 e. The van der Waals surface area contributed by atoms with Crippen molar-refractivity contribution in [2.45, 2.75) is 26.2 Å². The number of allylic oxidation sites excluding steroid dienone is 1. The maximum absolute atomic E-state index is 14.6. The molecule has 1 aromatic carbocycles. The number of ketones is 1. The molecule has 5 rings (SSSR count). The van der Waals surface area contributed by atoms with E-state index in [-0.39, 0.29) is 17.3 Å². The number of hydrogen-bond donors (Lipinski definition) is 1. The average Bonchev–Trinajstić information content (AvgIpc) is 3.07. The lowest BCUT2D eigenvalue weighted by Crippen LogP contribution is -2.43. The summed E-state index contributed by atoms with van der Waals surface area (Å²) in [7, 11) is 0. The zero-order chi connectivity index (χ0) is 20.8. The number of carbonyl (C=O) groups excluding carboxylic acids is 1. The molecule has 1 unspecified atom stereocenters. The molecule has 1 fully saturated rings. The quantitative estimate of drug-likeness (QED) is 0.706. The van der Waals surface area contributed by atoms with Gasteiger partial charge in [0.05, 0.1) is 5.69 Å². The highest BCUT2D eigenvalue weighted by atomic mass is 19.1. The second-order valence-corrected chi connectivity index (χ2v) is 8.33. The van der Waals surface area contributed by atoms with Crippen LogP contribution in [0.1, 0.15) is 41.6 Å². The Morgan fingerprint density at radius 2 is 1.97 bits per heavy atom. The number of nitrogens with zero attached hydrogens (tertiary/aromatic N) is 3. The Morgan fingerprint density at radius 1 is 1.17 bits per heavy atom. The van der Waals surface area contributed by atoms with Gasteiger partial charge in [0.2, 0.25) is 0 Å². The third-order valence-electron chi connectivity index (χ3n) is 6.11. The summed E-state index contributed by atoms with van der Waals surface area (Å²) in [5, 5.41) is 3.38. The summed E-state index contributed by atoms with van der Waals surface area (Å²) in [6.07, 6.45) is 5.91. The van der Waals surface area contributed by atoms with Crippen LogP contribution in [0.2, 0.25) is 0 Å². The van der Waals surface area contributed by atoms with E-state index in [1.165, 1.54) is 17.3 Å². The molecule has 0 radical (unpaired) electrons. The van der Waals surface area contributed by atoms with Crippen LogP contribution in [0.3, 0.4) is 0 Å². The van der Waals surface area contributed by atoms with Gasteiger partial charge in [0.25, 0.3) is 0 Å². The first kappa shape index (κ1) is 19.0. The molecule has 1 atom stereocenters. The minimum Gasteiger partial charge on any atom is -0.369 e. The number of benzene rings is 1. The normalized spacial score (nSPS) is 19.6. The fourth-order valence-electron chi connectivity index (χ4n) is 4.55. The van der Waals surface area contributed by atoms with E-state index in [0.29, 0.717) is 17.6 Å². The van der Waals surface area contributed by atoms with Crippen LogP contribution in [0.4, 0.5) is 10.1 Å². The highest BCUT2D eigenvalue weighted by Gasteiger charge is 2.25. The van der Waals surface area contributed by atoms with E-state index in [1.807, 2.05) is 13.0 Å². The lowest BCUT2D eigenvalue weighted by Gasteiger charge is -2.30. The van der Waals surface area contributed by atoms with Crippen LogP contribution in [-0.2, 0) is 4.79 Å². The van der Waals surface area contributed by atoms with E-state index in [9.17, 15) is 9.18 Å². The maximum atomic E-state index is 14.6. The summed E-state index contributed by atoms with van der Waals surface area (Å²) in [6.45, 7) is 7.86. The monoisotopic (exact) mass is 404 g/mol. The molecule has 1 aliphatic carbocycles. The van der Waals surface area contributed by atoms with Crippen molar-refractivity contribution in [3.05, 3.63) is 64.9 Å².